The van der Waals surface area contributed by atoms with Crippen molar-refractivity contribution >= 4 is 0 Å². The van der Waals surface area contributed by atoms with Crippen LogP contribution in [0.5, 0.6) is 5.75 Å². The van der Waals surface area contributed by atoms with Gasteiger partial charge in [-0.05, 0) is 12.1 Å². The Morgan fingerprint density at radius 2 is 1.26 bits per heavy atom. The van der Waals surface area contributed by atoms with Crippen molar-refractivity contribution in [3.05, 3.63) is 90.0 Å². The fourth-order valence-electron chi connectivity index (χ4n) is 2.42. The third-order valence-electron chi connectivity index (χ3n) is 3.44. The van der Waals surface area contributed by atoms with Gasteiger partial charge in [0.25, 0.3) is 0 Å². The van der Waals surface area contributed by atoms with Crippen LogP contribution < -0.4 is 0 Å². The average Bonchev–Trinajstić information content (AvgIpc) is 3.30. The van der Waals surface area contributed by atoms with E-state index in [1.807, 2.05) is 6.07 Å². The monoisotopic (exact) mass is 542 g/mol. The number of para-hydroxylation sites is 1. The van der Waals surface area contributed by atoms with E-state index in [0.29, 0.717) is 18.8 Å². The zero-order chi connectivity index (χ0) is 18.2. The Hall–Kier alpha value is -2.79. The van der Waals surface area contributed by atoms with Crippen LogP contribution in [-0.4, -0.2) is 35.1 Å². The first kappa shape index (κ1) is 20.5. The van der Waals surface area contributed by atoms with Crippen LogP contribution in [0.2, 0.25) is 0 Å². The van der Waals surface area contributed by atoms with Gasteiger partial charge < -0.3 is 5.11 Å². The van der Waals surface area contributed by atoms with Crippen LogP contribution in [0.15, 0.2) is 67.3 Å². The first-order chi connectivity index (χ1) is 12.7. The molecule has 7 nitrogen and oxygen atoms in total. The van der Waals surface area contributed by atoms with E-state index in [2.05, 4.69) is 45.5 Å². The van der Waals surface area contributed by atoms with Gasteiger partial charge >= 0.3 is 0 Å². The number of nitrogens with zero attached hydrogens (tertiary/aromatic N) is 6. The molecule has 8 heteroatoms. The third-order valence-corrected chi connectivity index (χ3v) is 3.44. The fourth-order valence-corrected chi connectivity index (χ4v) is 2.42. The molecule has 27 heavy (non-hydrogen) atoms. The molecule has 0 aliphatic heterocycles. The zero-order valence-corrected chi connectivity index (χ0v) is 17.0. The van der Waals surface area contributed by atoms with E-state index < -0.39 is 0 Å². The van der Waals surface area contributed by atoms with Gasteiger partial charge in [-0.2, -0.15) is 53.8 Å². The largest absolute Gasteiger partial charge is 0.508 e. The van der Waals surface area contributed by atoms with Crippen molar-refractivity contribution in [3.8, 4) is 5.75 Å². The Morgan fingerprint density at radius 1 is 0.815 bits per heavy atom. The van der Waals surface area contributed by atoms with Crippen LogP contribution in [-0.2, 0) is 34.2 Å². The normalized spacial score (nSPS) is 9.81. The summed E-state index contributed by atoms with van der Waals surface area (Å²) in [4.78, 5) is 3.28. The maximum atomic E-state index is 8.63. The van der Waals surface area contributed by atoms with Crippen molar-refractivity contribution in [1.82, 2.24) is 30.0 Å². The molecule has 0 saturated carbocycles. The summed E-state index contributed by atoms with van der Waals surface area (Å²) in [5.74, 6) is 0.322. The summed E-state index contributed by atoms with van der Waals surface area (Å²) in [7, 11) is 0. The molecule has 0 bridgehead atoms. The SMILES string of the molecule is Cc1cc(Cn2nccn2)[c-]c(Cn2nccn2)c1.Oc1ccccc1.[Pt]. The molecule has 2 aromatic carbocycles. The third kappa shape index (κ3) is 6.79. The maximum Gasteiger partial charge on any atom is 0.115 e. The first-order valence-electron chi connectivity index (χ1n) is 8.13. The number of aromatic hydroxyl groups is 1. The quantitative estimate of drug-likeness (QED) is 0.401. The number of hydrogen-bond acceptors (Lipinski definition) is 5. The van der Waals surface area contributed by atoms with Crippen LogP contribution >= 0.6 is 0 Å². The first-order valence-corrected chi connectivity index (χ1v) is 8.13. The second-order valence-electron chi connectivity index (χ2n) is 5.66. The molecule has 0 atom stereocenters. The van der Waals surface area contributed by atoms with E-state index in [1.165, 1.54) is 5.56 Å². The average molecular weight is 542 g/mol. The Bertz CT molecular complexity index is 856. The standard InChI is InChI=1S/C13H13N6.C6H6O.Pt/c1-11-6-12(9-18-14-2-3-15-18)8-13(7-11)10-19-16-4-5-17-19;7-6-4-2-1-3-5-6;/h2-7H,9-10H2,1H3;1-5,7H;/q-1;;. The smallest absolute Gasteiger partial charge is 0.115 e. The molecule has 0 unspecified atom stereocenters. The van der Waals surface area contributed by atoms with E-state index in [9.17, 15) is 0 Å². The van der Waals surface area contributed by atoms with E-state index in [4.69, 9.17) is 5.11 Å². The van der Waals surface area contributed by atoms with E-state index >= 15 is 0 Å². The minimum atomic E-state index is 0. The summed E-state index contributed by atoms with van der Waals surface area (Å²) >= 11 is 0. The molecule has 4 rings (SSSR count). The van der Waals surface area contributed by atoms with Gasteiger partial charge in [-0.3, -0.25) is 0 Å². The van der Waals surface area contributed by atoms with Crippen molar-refractivity contribution in [2.24, 2.45) is 0 Å². The molecular formula is C19H19N6OPt-. The molecule has 0 aliphatic carbocycles. The molecule has 1 N–H and O–H groups in total. The van der Waals surface area contributed by atoms with Gasteiger partial charge in [0.2, 0.25) is 0 Å². The summed E-state index contributed by atoms with van der Waals surface area (Å²) < 4.78 is 0. The van der Waals surface area contributed by atoms with E-state index in [1.54, 1.807) is 58.6 Å². The molecule has 0 fully saturated rings. The number of phenolic OH excluding ortho intramolecular Hbond substituents is 1. The van der Waals surface area contributed by atoms with E-state index in [-0.39, 0.29) is 21.1 Å². The Kier molecular flexibility index (Phi) is 7.89. The van der Waals surface area contributed by atoms with Crippen LogP contribution in [0, 0.1) is 13.0 Å². The zero-order valence-electron chi connectivity index (χ0n) is 14.7. The van der Waals surface area contributed by atoms with Crippen LogP contribution in [0.25, 0.3) is 0 Å². The van der Waals surface area contributed by atoms with Gasteiger partial charge in [0.05, 0.1) is 37.9 Å². The molecule has 0 spiro atoms. The molecule has 0 amide bonds. The van der Waals surface area contributed by atoms with Crippen LogP contribution in [0.1, 0.15) is 16.7 Å². The molecule has 2 aromatic heterocycles. The molecule has 4 aromatic rings. The van der Waals surface area contributed by atoms with E-state index in [0.717, 1.165) is 11.1 Å². The Balaban J connectivity index is 0.000000278. The second-order valence-corrected chi connectivity index (χ2v) is 5.66. The van der Waals surface area contributed by atoms with Gasteiger partial charge in [0.15, 0.2) is 0 Å². The van der Waals surface area contributed by atoms with Gasteiger partial charge in [-0.1, -0.05) is 25.1 Å². The van der Waals surface area contributed by atoms with Crippen LogP contribution in [0.3, 0.4) is 0 Å². The summed E-state index contributed by atoms with van der Waals surface area (Å²) in [5, 5.41) is 25.0. The summed E-state index contributed by atoms with van der Waals surface area (Å²) in [6.45, 7) is 3.30. The number of hydrogen-bond donors (Lipinski definition) is 1. The van der Waals surface area contributed by atoms with Gasteiger partial charge in [0.1, 0.15) is 5.75 Å². The maximum absolute atomic E-state index is 8.63. The number of benzene rings is 2. The van der Waals surface area contributed by atoms with Crippen molar-refractivity contribution in [3.63, 3.8) is 0 Å². The molecule has 2 heterocycles. The fraction of sp³-hybridized carbons (Fsp3) is 0.158. The van der Waals surface area contributed by atoms with Gasteiger partial charge in [-0.25, -0.2) is 0 Å². The molecule has 0 saturated heterocycles. The van der Waals surface area contributed by atoms with Crippen molar-refractivity contribution in [2.75, 3.05) is 0 Å². The van der Waals surface area contributed by atoms with Crippen molar-refractivity contribution in [2.45, 2.75) is 20.0 Å². The summed E-state index contributed by atoms with van der Waals surface area (Å²) in [6, 6.07) is 16.2. The number of phenols is 1. The second kappa shape index (κ2) is 10.4. The Morgan fingerprint density at radius 3 is 1.63 bits per heavy atom. The molecular weight excluding hydrogens is 523 g/mol. The summed E-state index contributed by atoms with van der Waals surface area (Å²) in [5.41, 5.74) is 3.29. The minimum Gasteiger partial charge on any atom is -0.508 e. The van der Waals surface area contributed by atoms with Crippen molar-refractivity contribution in [1.29, 1.82) is 0 Å². The van der Waals surface area contributed by atoms with Gasteiger partial charge in [0, 0.05) is 21.1 Å². The molecule has 0 radical (unpaired) electrons. The molecule has 0 aliphatic rings. The predicted molar refractivity (Wildman–Crippen MR) is 96.4 cm³/mol. The number of aryl methyl sites for hydroxylation is 1. The minimum absolute atomic E-state index is 0. The number of aromatic nitrogens is 6. The van der Waals surface area contributed by atoms with Gasteiger partial charge in [-0.15, -0.1) is 11.1 Å². The summed E-state index contributed by atoms with van der Waals surface area (Å²) in [6.07, 6.45) is 6.68. The Labute approximate surface area is 171 Å². The number of rotatable bonds is 4. The van der Waals surface area contributed by atoms with Crippen LogP contribution in [0.4, 0.5) is 0 Å². The van der Waals surface area contributed by atoms with Crippen molar-refractivity contribution < 1.29 is 26.2 Å². The topological polar surface area (TPSA) is 81.7 Å². The predicted octanol–water partition coefficient (Wildman–Crippen LogP) is 2.46. The molecule has 142 valence electrons.